The minimum Gasteiger partial charge on any atom is -0.311 e. The fraction of sp³-hybridized carbons (Fsp3) is 0.722. The zero-order valence-corrected chi connectivity index (χ0v) is 14.3. The molecule has 2 heterocycles. The van der Waals surface area contributed by atoms with Crippen LogP contribution in [-0.2, 0) is 6.54 Å². The van der Waals surface area contributed by atoms with Crippen LogP contribution in [0, 0.1) is 12.3 Å². The van der Waals surface area contributed by atoms with Crippen LogP contribution in [-0.4, -0.2) is 35.1 Å². The maximum Gasteiger partial charge on any atom is 0.0547 e. The number of hydrogen-bond acceptors (Lipinski definition) is 3. The van der Waals surface area contributed by atoms with Crippen molar-refractivity contribution in [2.24, 2.45) is 5.41 Å². The highest BCUT2D eigenvalue weighted by Crippen LogP contribution is 2.25. The molecule has 0 aliphatic carbocycles. The van der Waals surface area contributed by atoms with E-state index in [1.165, 1.54) is 18.5 Å². The molecule has 0 radical (unpaired) electrons. The van der Waals surface area contributed by atoms with E-state index in [9.17, 15) is 0 Å². The molecule has 1 saturated heterocycles. The Labute approximate surface area is 130 Å². The highest BCUT2D eigenvalue weighted by Gasteiger charge is 2.33. The van der Waals surface area contributed by atoms with E-state index >= 15 is 0 Å². The first-order valence-corrected chi connectivity index (χ1v) is 8.30. The van der Waals surface area contributed by atoms with Crippen LogP contribution in [0.25, 0.3) is 0 Å². The molecular weight excluding hydrogens is 258 g/mol. The SMILES string of the molecule is CCCC1CNC(C(C)(C)C)CN1Cc1cccc(C)n1. The lowest BCUT2D eigenvalue weighted by Crippen LogP contribution is -2.59. The summed E-state index contributed by atoms with van der Waals surface area (Å²) in [5.41, 5.74) is 2.61. The van der Waals surface area contributed by atoms with E-state index in [1.54, 1.807) is 0 Å². The van der Waals surface area contributed by atoms with E-state index in [1.807, 2.05) is 0 Å². The normalized spacial score (nSPS) is 24.2. The van der Waals surface area contributed by atoms with Crippen molar-refractivity contribution in [3.05, 3.63) is 29.6 Å². The molecule has 1 aliphatic rings. The minimum atomic E-state index is 0.301. The van der Waals surface area contributed by atoms with Gasteiger partial charge in [-0.3, -0.25) is 9.88 Å². The fourth-order valence-electron chi connectivity index (χ4n) is 3.14. The van der Waals surface area contributed by atoms with E-state index in [2.05, 4.69) is 68.0 Å². The highest BCUT2D eigenvalue weighted by atomic mass is 15.2. The third-order valence-electron chi connectivity index (χ3n) is 4.51. The maximum atomic E-state index is 4.69. The van der Waals surface area contributed by atoms with Gasteiger partial charge in [0.25, 0.3) is 0 Å². The average molecular weight is 289 g/mol. The second-order valence-electron chi connectivity index (χ2n) is 7.47. The zero-order valence-electron chi connectivity index (χ0n) is 14.3. The molecule has 3 heteroatoms. The van der Waals surface area contributed by atoms with Gasteiger partial charge >= 0.3 is 0 Å². The van der Waals surface area contributed by atoms with Crippen molar-refractivity contribution in [2.45, 2.75) is 66.1 Å². The second-order valence-corrected chi connectivity index (χ2v) is 7.47. The summed E-state index contributed by atoms with van der Waals surface area (Å²) in [5, 5.41) is 3.76. The van der Waals surface area contributed by atoms with Crippen molar-refractivity contribution in [3.8, 4) is 0 Å². The molecule has 2 unspecified atom stereocenters. The predicted molar refractivity (Wildman–Crippen MR) is 89.3 cm³/mol. The quantitative estimate of drug-likeness (QED) is 0.921. The Morgan fingerprint density at radius 1 is 1.33 bits per heavy atom. The van der Waals surface area contributed by atoms with E-state index in [0.29, 0.717) is 17.5 Å². The summed E-state index contributed by atoms with van der Waals surface area (Å²) >= 11 is 0. The Kier molecular flexibility index (Phi) is 5.39. The molecule has 1 aliphatic heterocycles. The number of aryl methyl sites for hydroxylation is 1. The van der Waals surface area contributed by atoms with Gasteiger partial charge in [-0.1, -0.05) is 40.2 Å². The molecule has 3 nitrogen and oxygen atoms in total. The third kappa shape index (κ3) is 4.52. The van der Waals surface area contributed by atoms with Crippen molar-refractivity contribution in [2.75, 3.05) is 13.1 Å². The first-order chi connectivity index (χ1) is 9.90. The number of nitrogens with one attached hydrogen (secondary N) is 1. The molecule has 0 amide bonds. The first-order valence-electron chi connectivity index (χ1n) is 8.30. The Hall–Kier alpha value is -0.930. The monoisotopic (exact) mass is 289 g/mol. The Balaban J connectivity index is 2.10. The smallest absolute Gasteiger partial charge is 0.0547 e. The van der Waals surface area contributed by atoms with Gasteiger partial charge in [0.2, 0.25) is 0 Å². The van der Waals surface area contributed by atoms with Crippen LogP contribution >= 0.6 is 0 Å². The molecule has 118 valence electrons. The largest absolute Gasteiger partial charge is 0.311 e. The Morgan fingerprint density at radius 3 is 2.71 bits per heavy atom. The van der Waals surface area contributed by atoms with Crippen molar-refractivity contribution in [1.82, 2.24) is 15.2 Å². The maximum absolute atomic E-state index is 4.69. The van der Waals surface area contributed by atoms with Crippen molar-refractivity contribution in [3.63, 3.8) is 0 Å². The standard InChI is InChI=1S/C18H31N3/c1-6-8-16-11-19-17(18(3,4)5)13-21(16)12-15-10-7-9-14(2)20-15/h7,9-10,16-17,19H,6,8,11-13H2,1-5H3. The summed E-state index contributed by atoms with van der Waals surface area (Å²) in [5.74, 6) is 0. The first kappa shape index (κ1) is 16.4. The van der Waals surface area contributed by atoms with Crippen LogP contribution in [0.2, 0.25) is 0 Å². The van der Waals surface area contributed by atoms with E-state index in [-0.39, 0.29) is 0 Å². The molecule has 1 fully saturated rings. The van der Waals surface area contributed by atoms with Gasteiger partial charge < -0.3 is 5.32 Å². The molecule has 1 aromatic rings. The molecule has 1 aromatic heterocycles. The van der Waals surface area contributed by atoms with Crippen LogP contribution < -0.4 is 5.32 Å². The molecule has 21 heavy (non-hydrogen) atoms. The minimum absolute atomic E-state index is 0.301. The Bertz CT molecular complexity index is 450. The van der Waals surface area contributed by atoms with Crippen LogP contribution in [0.5, 0.6) is 0 Å². The Morgan fingerprint density at radius 2 is 2.10 bits per heavy atom. The lowest BCUT2D eigenvalue weighted by atomic mass is 9.84. The van der Waals surface area contributed by atoms with Crippen molar-refractivity contribution >= 4 is 0 Å². The fourth-order valence-corrected chi connectivity index (χ4v) is 3.14. The molecule has 0 spiro atoms. The summed E-state index contributed by atoms with van der Waals surface area (Å²) < 4.78 is 0. The molecule has 1 N–H and O–H groups in total. The number of hydrogen-bond donors (Lipinski definition) is 1. The number of piperazine rings is 1. The van der Waals surface area contributed by atoms with Crippen LogP contribution in [0.3, 0.4) is 0 Å². The van der Waals surface area contributed by atoms with E-state index in [4.69, 9.17) is 0 Å². The number of aromatic nitrogens is 1. The number of rotatable bonds is 4. The third-order valence-corrected chi connectivity index (χ3v) is 4.51. The number of pyridine rings is 1. The molecule has 2 rings (SSSR count). The topological polar surface area (TPSA) is 28.2 Å². The average Bonchev–Trinajstić information content (AvgIpc) is 2.40. The molecule has 2 atom stereocenters. The summed E-state index contributed by atoms with van der Waals surface area (Å²) in [7, 11) is 0. The van der Waals surface area contributed by atoms with Gasteiger partial charge in [-0.2, -0.15) is 0 Å². The van der Waals surface area contributed by atoms with Crippen LogP contribution in [0.15, 0.2) is 18.2 Å². The molecular formula is C18H31N3. The lowest BCUT2D eigenvalue weighted by molar-refractivity contribution is 0.0738. The van der Waals surface area contributed by atoms with Gasteiger partial charge in [-0.15, -0.1) is 0 Å². The molecule has 0 saturated carbocycles. The molecule has 0 aromatic carbocycles. The molecule has 0 bridgehead atoms. The number of nitrogens with zero attached hydrogens (tertiary/aromatic N) is 2. The van der Waals surface area contributed by atoms with Crippen LogP contribution in [0.1, 0.15) is 51.9 Å². The van der Waals surface area contributed by atoms with E-state index in [0.717, 1.165) is 25.3 Å². The van der Waals surface area contributed by atoms with Gasteiger partial charge in [0, 0.05) is 37.4 Å². The summed E-state index contributed by atoms with van der Waals surface area (Å²) in [6.45, 7) is 14.5. The summed E-state index contributed by atoms with van der Waals surface area (Å²) in [6, 6.07) is 7.54. The second kappa shape index (κ2) is 6.89. The van der Waals surface area contributed by atoms with E-state index < -0.39 is 0 Å². The summed E-state index contributed by atoms with van der Waals surface area (Å²) in [6.07, 6.45) is 2.50. The van der Waals surface area contributed by atoms with Gasteiger partial charge in [-0.25, -0.2) is 0 Å². The van der Waals surface area contributed by atoms with Gasteiger partial charge in [-0.05, 0) is 30.9 Å². The van der Waals surface area contributed by atoms with Crippen LogP contribution in [0.4, 0.5) is 0 Å². The van der Waals surface area contributed by atoms with Gasteiger partial charge in [0.15, 0.2) is 0 Å². The van der Waals surface area contributed by atoms with Crippen molar-refractivity contribution in [1.29, 1.82) is 0 Å². The predicted octanol–water partition coefficient (Wildman–Crippen LogP) is 3.38. The van der Waals surface area contributed by atoms with Crippen molar-refractivity contribution < 1.29 is 0 Å². The zero-order chi connectivity index (χ0) is 15.5. The lowest BCUT2D eigenvalue weighted by Gasteiger charge is -2.45. The summed E-state index contributed by atoms with van der Waals surface area (Å²) in [4.78, 5) is 7.32. The van der Waals surface area contributed by atoms with Gasteiger partial charge in [0.1, 0.15) is 0 Å². The van der Waals surface area contributed by atoms with Gasteiger partial charge in [0.05, 0.1) is 5.69 Å². The highest BCUT2D eigenvalue weighted by molar-refractivity contribution is 5.10.